The summed E-state index contributed by atoms with van der Waals surface area (Å²) in [7, 11) is 0. The lowest BCUT2D eigenvalue weighted by Crippen LogP contribution is -2.40. The molecule has 0 spiro atoms. The molecule has 5 nitrogen and oxygen atoms in total. The quantitative estimate of drug-likeness (QED) is 0.685. The Morgan fingerprint density at radius 2 is 1.93 bits per heavy atom. The van der Waals surface area contributed by atoms with Gasteiger partial charge >= 0.3 is 11.9 Å². The zero-order valence-electron chi connectivity index (χ0n) is 9.57. The molecular formula is C10H18O5. The van der Waals surface area contributed by atoms with Crippen molar-refractivity contribution in [3.05, 3.63) is 0 Å². The number of esters is 2. The van der Waals surface area contributed by atoms with E-state index >= 15 is 0 Å². The van der Waals surface area contributed by atoms with Gasteiger partial charge in [0, 0.05) is 0 Å². The van der Waals surface area contributed by atoms with Crippen LogP contribution in [0.4, 0.5) is 0 Å². The molecule has 0 aliphatic heterocycles. The molecule has 0 saturated heterocycles. The minimum absolute atomic E-state index is 0.224. The molecule has 2 atom stereocenters. The van der Waals surface area contributed by atoms with Gasteiger partial charge in [-0.1, -0.05) is 6.92 Å². The van der Waals surface area contributed by atoms with E-state index in [9.17, 15) is 14.7 Å². The maximum Gasteiger partial charge on any atom is 0.347 e. The monoisotopic (exact) mass is 218 g/mol. The Balaban J connectivity index is 4.24. The fraction of sp³-hybridized carbons (Fsp3) is 0.800. The minimum Gasteiger partial charge on any atom is -0.463 e. The maximum absolute atomic E-state index is 11.3. The van der Waals surface area contributed by atoms with Crippen molar-refractivity contribution in [1.29, 1.82) is 0 Å². The van der Waals surface area contributed by atoms with Crippen LogP contribution in [0.3, 0.4) is 0 Å². The van der Waals surface area contributed by atoms with Crippen molar-refractivity contribution in [2.45, 2.75) is 45.8 Å². The first-order chi connectivity index (χ1) is 6.85. The van der Waals surface area contributed by atoms with Crippen molar-refractivity contribution in [3.63, 3.8) is 0 Å². The Hall–Kier alpha value is -1.10. The average molecular weight is 218 g/mol. The second-order valence-electron chi connectivity index (χ2n) is 3.43. The predicted octanol–water partition coefficient (Wildman–Crippen LogP) is 0.642. The molecule has 88 valence electrons. The molecule has 0 bridgehead atoms. The van der Waals surface area contributed by atoms with Gasteiger partial charge in [0.1, 0.15) is 0 Å². The molecule has 15 heavy (non-hydrogen) atoms. The smallest absolute Gasteiger partial charge is 0.347 e. The van der Waals surface area contributed by atoms with Crippen LogP contribution in [0.2, 0.25) is 0 Å². The van der Waals surface area contributed by atoms with E-state index in [0.29, 0.717) is 0 Å². The standard InChI is InChI=1S/C10H18O5/c1-5-10(4,13)9(12)15-7(3)8(11)14-6-2/h7,13H,5-6H2,1-4H3. The Morgan fingerprint density at radius 1 is 1.40 bits per heavy atom. The molecule has 0 aromatic carbocycles. The topological polar surface area (TPSA) is 72.8 Å². The molecule has 2 unspecified atom stereocenters. The van der Waals surface area contributed by atoms with E-state index in [2.05, 4.69) is 4.74 Å². The van der Waals surface area contributed by atoms with Crippen LogP contribution >= 0.6 is 0 Å². The summed E-state index contributed by atoms with van der Waals surface area (Å²) >= 11 is 0. The summed E-state index contributed by atoms with van der Waals surface area (Å²) in [4.78, 5) is 22.4. The Bertz CT molecular complexity index is 234. The van der Waals surface area contributed by atoms with Crippen molar-refractivity contribution in [1.82, 2.24) is 0 Å². The molecule has 0 fully saturated rings. The first kappa shape index (κ1) is 13.9. The zero-order chi connectivity index (χ0) is 12.1. The van der Waals surface area contributed by atoms with Crippen LogP contribution in [0.25, 0.3) is 0 Å². The summed E-state index contributed by atoms with van der Waals surface area (Å²) in [5.41, 5.74) is -1.55. The van der Waals surface area contributed by atoms with Crippen molar-refractivity contribution in [2.75, 3.05) is 6.61 Å². The number of carbonyl (C=O) groups is 2. The lowest BCUT2D eigenvalue weighted by molar-refractivity contribution is -0.178. The van der Waals surface area contributed by atoms with E-state index in [0.717, 1.165) is 0 Å². The number of aliphatic hydroxyl groups is 1. The number of hydrogen-bond acceptors (Lipinski definition) is 5. The van der Waals surface area contributed by atoms with E-state index in [1.54, 1.807) is 13.8 Å². The Kier molecular flexibility index (Phi) is 5.28. The van der Waals surface area contributed by atoms with Gasteiger partial charge in [-0.15, -0.1) is 0 Å². The molecule has 1 N–H and O–H groups in total. The van der Waals surface area contributed by atoms with Crippen LogP contribution in [-0.2, 0) is 19.1 Å². The van der Waals surface area contributed by atoms with Gasteiger partial charge in [-0.05, 0) is 27.2 Å². The van der Waals surface area contributed by atoms with E-state index in [-0.39, 0.29) is 13.0 Å². The average Bonchev–Trinajstić information content (AvgIpc) is 2.17. The summed E-state index contributed by atoms with van der Waals surface area (Å²) in [6.07, 6.45) is -0.767. The van der Waals surface area contributed by atoms with Crippen LogP contribution in [0.15, 0.2) is 0 Å². The minimum atomic E-state index is -1.55. The zero-order valence-corrected chi connectivity index (χ0v) is 9.57. The molecule has 0 aliphatic carbocycles. The molecule has 0 aromatic rings. The van der Waals surface area contributed by atoms with Crippen molar-refractivity contribution < 1.29 is 24.2 Å². The van der Waals surface area contributed by atoms with E-state index < -0.39 is 23.6 Å². The Morgan fingerprint density at radius 3 is 2.33 bits per heavy atom. The van der Waals surface area contributed by atoms with Gasteiger partial charge in [0.25, 0.3) is 0 Å². The van der Waals surface area contributed by atoms with E-state index in [1.165, 1.54) is 13.8 Å². The summed E-state index contributed by atoms with van der Waals surface area (Å²) in [6, 6.07) is 0. The lowest BCUT2D eigenvalue weighted by atomic mass is 10.0. The first-order valence-corrected chi connectivity index (χ1v) is 4.95. The third-order valence-electron chi connectivity index (χ3n) is 2.03. The van der Waals surface area contributed by atoms with E-state index in [4.69, 9.17) is 4.74 Å². The lowest BCUT2D eigenvalue weighted by Gasteiger charge is -2.21. The van der Waals surface area contributed by atoms with Gasteiger partial charge in [-0.25, -0.2) is 9.59 Å². The largest absolute Gasteiger partial charge is 0.463 e. The third kappa shape index (κ3) is 4.29. The van der Waals surface area contributed by atoms with Gasteiger partial charge in [-0.3, -0.25) is 0 Å². The molecule has 0 aliphatic rings. The summed E-state index contributed by atoms with van der Waals surface area (Å²) < 4.78 is 9.41. The summed E-state index contributed by atoms with van der Waals surface area (Å²) in [6.45, 7) is 6.28. The van der Waals surface area contributed by atoms with Gasteiger partial charge < -0.3 is 14.6 Å². The second-order valence-corrected chi connectivity index (χ2v) is 3.43. The summed E-state index contributed by atoms with van der Waals surface area (Å²) in [5, 5.41) is 9.53. The Labute approximate surface area is 89.4 Å². The highest BCUT2D eigenvalue weighted by molar-refractivity contribution is 5.83. The second kappa shape index (κ2) is 5.70. The normalized spacial score (nSPS) is 16.3. The van der Waals surface area contributed by atoms with Gasteiger partial charge in [0.15, 0.2) is 11.7 Å². The highest BCUT2D eigenvalue weighted by Gasteiger charge is 2.32. The molecule has 0 rings (SSSR count). The number of carbonyl (C=O) groups excluding carboxylic acids is 2. The predicted molar refractivity (Wildman–Crippen MR) is 53.1 cm³/mol. The molecule has 0 saturated carbocycles. The first-order valence-electron chi connectivity index (χ1n) is 4.95. The van der Waals surface area contributed by atoms with Crippen LogP contribution < -0.4 is 0 Å². The number of ether oxygens (including phenoxy) is 2. The third-order valence-corrected chi connectivity index (χ3v) is 2.03. The van der Waals surface area contributed by atoms with E-state index in [1.807, 2.05) is 0 Å². The summed E-state index contributed by atoms with van der Waals surface area (Å²) in [5.74, 6) is -1.43. The molecule has 0 amide bonds. The van der Waals surface area contributed by atoms with Gasteiger partial charge in [-0.2, -0.15) is 0 Å². The number of rotatable bonds is 5. The molecular weight excluding hydrogens is 200 g/mol. The molecule has 0 heterocycles. The maximum atomic E-state index is 11.3. The van der Waals surface area contributed by atoms with Gasteiger partial charge in [0.05, 0.1) is 6.61 Å². The van der Waals surface area contributed by atoms with Crippen LogP contribution in [0.5, 0.6) is 0 Å². The molecule has 5 heteroatoms. The van der Waals surface area contributed by atoms with Crippen LogP contribution in [0, 0.1) is 0 Å². The fourth-order valence-electron chi connectivity index (χ4n) is 0.740. The SMILES string of the molecule is CCOC(=O)C(C)OC(=O)C(C)(O)CC. The van der Waals surface area contributed by atoms with Crippen molar-refractivity contribution in [3.8, 4) is 0 Å². The highest BCUT2D eigenvalue weighted by Crippen LogP contribution is 2.12. The number of hydrogen-bond donors (Lipinski definition) is 1. The van der Waals surface area contributed by atoms with Gasteiger partial charge in [0.2, 0.25) is 0 Å². The van der Waals surface area contributed by atoms with Crippen molar-refractivity contribution >= 4 is 11.9 Å². The molecule has 0 radical (unpaired) electrons. The highest BCUT2D eigenvalue weighted by atomic mass is 16.6. The van der Waals surface area contributed by atoms with Crippen LogP contribution in [-0.4, -0.2) is 35.4 Å². The van der Waals surface area contributed by atoms with Crippen molar-refractivity contribution in [2.24, 2.45) is 0 Å². The van der Waals surface area contributed by atoms with Crippen LogP contribution in [0.1, 0.15) is 34.1 Å². The molecule has 0 aromatic heterocycles. The fourth-order valence-corrected chi connectivity index (χ4v) is 0.740.